The monoisotopic (exact) mass is 212 g/mol. The number of hydrogen-bond donors (Lipinski definition) is 4. The lowest BCUT2D eigenvalue weighted by atomic mass is 10.0. The van der Waals surface area contributed by atoms with Crippen molar-refractivity contribution in [3.05, 3.63) is 0 Å². The summed E-state index contributed by atoms with van der Waals surface area (Å²) in [5, 5.41) is 35.6. The average molecular weight is 213 g/mol. The summed E-state index contributed by atoms with van der Waals surface area (Å²) < 4.78 is 0. The molecule has 0 saturated heterocycles. The summed E-state index contributed by atoms with van der Waals surface area (Å²) in [6, 6.07) is 0. The fourth-order valence-electron chi connectivity index (χ4n) is 0.981. The van der Waals surface area contributed by atoms with E-state index in [0.717, 1.165) is 0 Å². The second-order valence-corrected chi connectivity index (χ2v) is 3.76. The molecule has 0 heterocycles. The maximum absolute atomic E-state index is 9.31. The van der Waals surface area contributed by atoms with Gasteiger partial charge in [0.2, 0.25) is 0 Å². The SMILES string of the molecule is CC(O)C(O)C(O)CC(Cl)CCO. The van der Waals surface area contributed by atoms with Gasteiger partial charge < -0.3 is 20.4 Å². The first-order valence-electron chi connectivity index (χ1n) is 4.28. The minimum atomic E-state index is -1.18. The molecule has 80 valence electrons. The van der Waals surface area contributed by atoms with E-state index < -0.39 is 18.3 Å². The van der Waals surface area contributed by atoms with Crippen LogP contribution in [0.5, 0.6) is 0 Å². The fourth-order valence-corrected chi connectivity index (χ4v) is 1.26. The maximum atomic E-state index is 9.31. The molecular formula is C8H17ClO4. The molecule has 0 amide bonds. The molecule has 0 radical (unpaired) electrons. The van der Waals surface area contributed by atoms with Gasteiger partial charge in [0.25, 0.3) is 0 Å². The normalized spacial score (nSPS) is 20.8. The Kier molecular flexibility index (Phi) is 6.63. The highest BCUT2D eigenvalue weighted by molar-refractivity contribution is 6.20. The zero-order valence-corrected chi connectivity index (χ0v) is 8.35. The first-order chi connectivity index (χ1) is 5.99. The molecule has 4 N–H and O–H groups in total. The van der Waals surface area contributed by atoms with Gasteiger partial charge in [-0.15, -0.1) is 11.6 Å². The highest BCUT2D eigenvalue weighted by Crippen LogP contribution is 2.13. The third kappa shape index (κ3) is 5.44. The maximum Gasteiger partial charge on any atom is 0.105 e. The van der Waals surface area contributed by atoms with E-state index in [9.17, 15) is 10.2 Å². The van der Waals surface area contributed by atoms with Crippen molar-refractivity contribution in [1.29, 1.82) is 0 Å². The Hall–Kier alpha value is 0.130. The first-order valence-corrected chi connectivity index (χ1v) is 4.71. The molecule has 0 spiro atoms. The molecule has 5 heteroatoms. The third-order valence-corrected chi connectivity index (χ3v) is 2.22. The molecule has 4 atom stereocenters. The van der Waals surface area contributed by atoms with Crippen LogP contribution >= 0.6 is 11.6 Å². The second-order valence-electron chi connectivity index (χ2n) is 3.14. The average Bonchev–Trinajstić information content (AvgIpc) is 2.03. The molecule has 0 saturated carbocycles. The van der Waals surface area contributed by atoms with Crippen LogP contribution in [-0.4, -0.2) is 50.7 Å². The van der Waals surface area contributed by atoms with E-state index in [4.69, 9.17) is 21.8 Å². The van der Waals surface area contributed by atoms with E-state index >= 15 is 0 Å². The van der Waals surface area contributed by atoms with Gasteiger partial charge >= 0.3 is 0 Å². The topological polar surface area (TPSA) is 80.9 Å². The number of aliphatic hydroxyl groups is 4. The summed E-state index contributed by atoms with van der Waals surface area (Å²) in [7, 11) is 0. The Morgan fingerprint density at radius 2 is 1.77 bits per heavy atom. The molecule has 0 aromatic heterocycles. The Morgan fingerprint density at radius 1 is 1.23 bits per heavy atom. The van der Waals surface area contributed by atoms with E-state index in [-0.39, 0.29) is 18.4 Å². The van der Waals surface area contributed by atoms with Gasteiger partial charge in [0.1, 0.15) is 6.10 Å². The van der Waals surface area contributed by atoms with Crippen molar-refractivity contribution in [2.75, 3.05) is 6.61 Å². The predicted octanol–water partition coefficient (Wildman–Crippen LogP) is -0.531. The van der Waals surface area contributed by atoms with Crippen molar-refractivity contribution >= 4 is 11.6 Å². The van der Waals surface area contributed by atoms with Crippen molar-refractivity contribution in [1.82, 2.24) is 0 Å². The van der Waals surface area contributed by atoms with Crippen LogP contribution in [-0.2, 0) is 0 Å². The predicted molar refractivity (Wildman–Crippen MR) is 49.7 cm³/mol. The van der Waals surface area contributed by atoms with Crippen molar-refractivity contribution in [3.63, 3.8) is 0 Å². The number of rotatable bonds is 6. The Balaban J connectivity index is 3.77. The smallest absolute Gasteiger partial charge is 0.105 e. The lowest BCUT2D eigenvalue weighted by Gasteiger charge is -2.21. The van der Waals surface area contributed by atoms with E-state index in [2.05, 4.69) is 0 Å². The quantitative estimate of drug-likeness (QED) is 0.447. The zero-order valence-electron chi connectivity index (χ0n) is 7.60. The van der Waals surface area contributed by atoms with Gasteiger partial charge in [0, 0.05) is 12.0 Å². The molecule has 0 bridgehead atoms. The molecular weight excluding hydrogens is 196 g/mol. The van der Waals surface area contributed by atoms with E-state index in [0.29, 0.717) is 6.42 Å². The lowest BCUT2D eigenvalue weighted by Crippen LogP contribution is -2.37. The van der Waals surface area contributed by atoms with Gasteiger partial charge in [-0.3, -0.25) is 0 Å². The molecule has 0 aliphatic heterocycles. The summed E-state index contributed by atoms with van der Waals surface area (Å²) in [6.45, 7) is 1.34. The summed E-state index contributed by atoms with van der Waals surface area (Å²) in [6.07, 6.45) is -2.68. The van der Waals surface area contributed by atoms with Crippen LogP contribution in [0.25, 0.3) is 0 Å². The Labute approximate surface area is 82.8 Å². The van der Waals surface area contributed by atoms with Gasteiger partial charge in [0.05, 0.1) is 12.2 Å². The van der Waals surface area contributed by atoms with Crippen LogP contribution in [0.2, 0.25) is 0 Å². The van der Waals surface area contributed by atoms with Crippen LogP contribution in [0.3, 0.4) is 0 Å². The Bertz CT molecular complexity index is 131. The Morgan fingerprint density at radius 3 is 2.15 bits per heavy atom. The second kappa shape index (κ2) is 6.56. The molecule has 13 heavy (non-hydrogen) atoms. The summed E-state index contributed by atoms with van der Waals surface area (Å²) in [5.41, 5.74) is 0. The van der Waals surface area contributed by atoms with Gasteiger partial charge in [0.15, 0.2) is 0 Å². The van der Waals surface area contributed by atoms with E-state index in [1.54, 1.807) is 0 Å². The van der Waals surface area contributed by atoms with Crippen LogP contribution in [0.1, 0.15) is 19.8 Å². The molecule has 0 rings (SSSR count). The van der Waals surface area contributed by atoms with Gasteiger partial charge in [-0.2, -0.15) is 0 Å². The number of alkyl halides is 1. The third-order valence-electron chi connectivity index (χ3n) is 1.83. The van der Waals surface area contributed by atoms with Crippen LogP contribution in [0, 0.1) is 0 Å². The van der Waals surface area contributed by atoms with Crippen molar-refractivity contribution in [3.8, 4) is 0 Å². The molecule has 0 fully saturated rings. The minimum Gasteiger partial charge on any atom is -0.396 e. The number of aliphatic hydroxyl groups excluding tert-OH is 4. The highest BCUT2D eigenvalue weighted by Gasteiger charge is 2.23. The van der Waals surface area contributed by atoms with Gasteiger partial charge in [-0.05, 0) is 19.8 Å². The van der Waals surface area contributed by atoms with Crippen molar-refractivity contribution < 1.29 is 20.4 Å². The minimum absolute atomic E-state index is 0.0499. The number of hydrogen-bond acceptors (Lipinski definition) is 4. The van der Waals surface area contributed by atoms with E-state index in [1.165, 1.54) is 6.92 Å². The standard InChI is InChI=1S/C8H17ClO4/c1-5(11)8(13)7(12)4-6(9)2-3-10/h5-8,10-13H,2-4H2,1H3. The van der Waals surface area contributed by atoms with Crippen LogP contribution in [0.15, 0.2) is 0 Å². The van der Waals surface area contributed by atoms with Crippen LogP contribution in [0.4, 0.5) is 0 Å². The molecule has 0 aliphatic rings. The molecule has 0 aliphatic carbocycles. The zero-order chi connectivity index (χ0) is 10.4. The van der Waals surface area contributed by atoms with E-state index in [1.807, 2.05) is 0 Å². The summed E-state index contributed by atoms with van der Waals surface area (Å²) >= 11 is 5.71. The largest absolute Gasteiger partial charge is 0.396 e. The first kappa shape index (κ1) is 13.1. The van der Waals surface area contributed by atoms with Crippen LogP contribution < -0.4 is 0 Å². The fraction of sp³-hybridized carbons (Fsp3) is 1.00. The molecule has 4 nitrogen and oxygen atoms in total. The molecule has 4 unspecified atom stereocenters. The molecule has 0 aromatic rings. The van der Waals surface area contributed by atoms with Crippen molar-refractivity contribution in [2.45, 2.75) is 43.5 Å². The van der Waals surface area contributed by atoms with Gasteiger partial charge in [-0.1, -0.05) is 0 Å². The molecule has 0 aromatic carbocycles. The van der Waals surface area contributed by atoms with Gasteiger partial charge in [-0.25, -0.2) is 0 Å². The summed E-state index contributed by atoms with van der Waals surface area (Å²) in [5.74, 6) is 0. The lowest BCUT2D eigenvalue weighted by molar-refractivity contribution is -0.0547. The number of halogens is 1. The highest BCUT2D eigenvalue weighted by atomic mass is 35.5. The summed E-state index contributed by atoms with van der Waals surface area (Å²) in [4.78, 5) is 0. The van der Waals surface area contributed by atoms with Crippen molar-refractivity contribution in [2.24, 2.45) is 0 Å².